The van der Waals surface area contributed by atoms with Crippen molar-refractivity contribution in [1.82, 2.24) is 0 Å². The summed E-state index contributed by atoms with van der Waals surface area (Å²) >= 11 is 4.76. The number of hydrogen-bond donors (Lipinski definition) is 3. The van der Waals surface area contributed by atoms with Gasteiger partial charge in [-0.2, -0.15) is 0 Å². The van der Waals surface area contributed by atoms with Crippen LogP contribution in [0, 0.1) is 0 Å². The molecule has 56 valence electrons. The fraction of sp³-hybridized carbons (Fsp3) is 0.667. The van der Waals surface area contributed by atoms with Crippen molar-refractivity contribution in [1.29, 1.82) is 0 Å². The fourth-order valence-corrected chi connectivity index (χ4v) is 0.0676. The molecule has 0 saturated heterocycles. The van der Waals surface area contributed by atoms with E-state index >= 15 is 0 Å². The van der Waals surface area contributed by atoms with Gasteiger partial charge in [0.2, 0.25) is 0 Å². The van der Waals surface area contributed by atoms with Crippen LogP contribution < -0.4 is 0 Å². The average molecular weight is 195 g/mol. The molecule has 0 bridgehead atoms. The number of rotatable bonds is 2. The molecule has 1 unspecified atom stereocenters. The van der Waals surface area contributed by atoms with Crippen LogP contribution in [0.3, 0.4) is 0 Å². The van der Waals surface area contributed by atoms with Crippen molar-refractivity contribution in [2.24, 2.45) is 0 Å². The SMILES string of the molecule is O=C(O)C(O)(Cl)CO.[AlH3].[NaH]. The number of carboxylic acid groups (broad SMARTS) is 1. The van der Waals surface area contributed by atoms with E-state index in [1.807, 2.05) is 0 Å². The Bertz CT molecular complexity index is 109. The van der Waals surface area contributed by atoms with Gasteiger partial charge < -0.3 is 15.3 Å². The van der Waals surface area contributed by atoms with Crippen LogP contribution in [0.2, 0.25) is 0 Å². The van der Waals surface area contributed by atoms with Gasteiger partial charge in [0.25, 0.3) is 5.06 Å². The Morgan fingerprint density at radius 2 is 1.90 bits per heavy atom. The van der Waals surface area contributed by atoms with Crippen molar-refractivity contribution in [3.05, 3.63) is 0 Å². The molecule has 0 aromatic carbocycles. The van der Waals surface area contributed by atoms with Crippen LogP contribution in [0.15, 0.2) is 0 Å². The predicted molar refractivity (Wildman–Crippen MR) is 42.6 cm³/mol. The third kappa shape index (κ3) is 5.96. The Hall–Kier alpha value is 1.21. The molecule has 0 aliphatic carbocycles. The van der Waals surface area contributed by atoms with Gasteiger partial charge in [0.05, 0.1) is 6.61 Å². The molecule has 0 aromatic rings. The van der Waals surface area contributed by atoms with Crippen LogP contribution >= 0.6 is 11.6 Å². The Kier molecular flexibility index (Phi) is 12.0. The standard InChI is InChI=1S/C3H5ClO4.Al.Na.4H/c4-3(8,1-5)2(6)7;;;;;;/h5,8H,1H2,(H,6,7);;;;;;. The minimum absolute atomic E-state index is 0. The van der Waals surface area contributed by atoms with Crippen molar-refractivity contribution in [2.45, 2.75) is 5.06 Å². The van der Waals surface area contributed by atoms with Crippen molar-refractivity contribution in [3.63, 3.8) is 0 Å². The number of aliphatic carboxylic acids is 1. The second-order valence-corrected chi connectivity index (χ2v) is 1.85. The van der Waals surface area contributed by atoms with Gasteiger partial charge in [0.15, 0.2) is 17.4 Å². The van der Waals surface area contributed by atoms with E-state index in [-0.39, 0.29) is 46.9 Å². The van der Waals surface area contributed by atoms with Crippen LogP contribution in [0.4, 0.5) is 0 Å². The van der Waals surface area contributed by atoms with Crippen molar-refractivity contribution >= 4 is 64.5 Å². The summed E-state index contributed by atoms with van der Waals surface area (Å²) in [7, 11) is 0. The maximum atomic E-state index is 9.71. The van der Waals surface area contributed by atoms with Crippen molar-refractivity contribution in [3.8, 4) is 0 Å². The summed E-state index contributed by atoms with van der Waals surface area (Å²) in [4.78, 5) is 9.71. The second-order valence-electron chi connectivity index (χ2n) is 1.22. The van der Waals surface area contributed by atoms with Crippen LogP contribution in [0.1, 0.15) is 0 Å². The van der Waals surface area contributed by atoms with E-state index in [2.05, 4.69) is 0 Å². The van der Waals surface area contributed by atoms with Gasteiger partial charge in [0, 0.05) is 0 Å². The first-order valence-electron chi connectivity index (χ1n) is 1.76. The van der Waals surface area contributed by atoms with E-state index < -0.39 is 17.6 Å². The van der Waals surface area contributed by atoms with Gasteiger partial charge in [-0.15, -0.1) is 0 Å². The van der Waals surface area contributed by atoms with Crippen LogP contribution in [0.25, 0.3) is 0 Å². The molecule has 7 heteroatoms. The van der Waals surface area contributed by atoms with E-state index in [0.717, 1.165) is 0 Å². The molecule has 0 spiro atoms. The number of hydrogen-bond acceptors (Lipinski definition) is 3. The van der Waals surface area contributed by atoms with E-state index in [1.165, 1.54) is 0 Å². The third-order valence-electron chi connectivity index (χ3n) is 0.537. The third-order valence-corrected chi connectivity index (χ3v) is 0.818. The minimum atomic E-state index is -2.51. The number of halogens is 1. The molecular formula is C3H9AlClNaO4. The van der Waals surface area contributed by atoms with Crippen molar-refractivity contribution < 1.29 is 20.1 Å². The molecule has 3 N–H and O–H groups in total. The summed E-state index contributed by atoms with van der Waals surface area (Å²) < 4.78 is 0. The number of alkyl halides is 1. The molecule has 0 rings (SSSR count). The first-order chi connectivity index (χ1) is 3.50. The van der Waals surface area contributed by atoms with Gasteiger partial charge in [-0.05, 0) is 0 Å². The second kappa shape index (κ2) is 6.89. The summed E-state index contributed by atoms with van der Waals surface area (Å²) in [5.74, 6) is -1.65. The first kappa shape index (κ1) is 17.3. The normalized spacial score (nSPS) is 13.9. The quantitative estimate of drug-likeness (QED) is 0.327. The van der Waals surface area contributed by atoms with E-state index in [1.54, 1.807) is 0 Å². The molecule has 0 heterocycles. The number of carbonyl (C=O) groups is 1. The average Bonchev–Trinajstić information content (AvgIpc) is 1.67. The summed E-state index contributed by atoms with van der Waals surface area (Å²) in [6.45, 7) is -0.996. The Balaban J connectivity index is -0.000000245. The molecule has 0 aliphatic rings. The summed E-state index contributed by atoms with van der Waals surface area (Å²) in [6.07, 6.45) is 0. The Labute approximate surface area is 95.6 Å². The zero-order valence-electron chi connectivity index (χ0n) is 3.83. The Morgan fingerprint density at radius 1 is 1.60 bits per heavy atom. The van der Waals surface area contributed by atoms with E-state index in [0.29, 0.717) is 0 Å². The Morgan fingerprint density at radius 3 is 1.90 bits per heavy atom. The van der Waals surface area contributed by atoms with Gasteiger partial charge in [-0.3, -0.25) is 0 Å². The monoisotopic (exact) mass is 194 g/mol. The molecule has 10 heavy (non-hydrogen) atoms. The topological polar surface area (TPSA) is 77.8 Å². The molecule has 0 saturated carbocycles. The maximum absolute atomic E-state index is 9.71. The molecule has 1 atom stereocenters. The molecule has 0 aromatic heterocycles. The van der Waals surface area contributed by atoms with Gasteiger partial charge in [-0.1, -0.05) is 11.6 Å². The van der Waals surface area contributed by atoms with Crippen molar-refractivity contribution in [2.75, 3.05) is 6.61 Å². The molecular weight excluding hydrogens is 185 g/mol. The molecule has 0 amide bonds. The van der Waals surface area contributed by atoms with E-state index in [4.69, 9.17) is 26.9 Å². The summed E-state index contributed by atoms with van der Waals surface area (Å²) in [5.41, 5.74) is 0. The first-order valence-corrected chi connectivity index (χ1v) is 2.14. The zero-order chi connectivity index (χ0) is 6.78. The van der Waals surface area contributed by atoms with Crippen LogP contribution in [-0.2, 0) is 4.79 Å². The van der Waals surface area contributed by atoms with Gasteiger partial charge >= 0.3 is 35.5 Å². The van der Waals surface area contributed by atoms with E-state index in [9.17, 15) is 4.79 Å². The number of aliphatic hydroxyl groups is 2. The van der Waals surface area contributed by atoms with Crippen LogP contribution in [0.5, 0.6) is 0 Å². The zero-order valence-corrected chi connectivity index (χ0v) is 4.59. The fourth-order valence-electron chi connectivity index (χ4n) is 0.0676. The van der Waals surface area contributed by atoms with Gasteiger partial charge in [0.1, 0.15) is 0 Å². The van der Waals surface area contributed by atoms with Crippen LogP contribution in [-0.4, -0.2) is 79.9 Å². The van der Waals surface area contributed by atoms with Gasteiger partial charge in [-0.25, -0.2) is 4.79 Å². The number of carboxylic acids is 1. The molecule has 0 fully saturated rings. The molecule has 0 radical (unpaired) electrons. The number of aliphatic hydroxyl groups excluding tert-OH is 1. The molecule has 0 aliphatic heterocycles. The molecule has 4 nitrogen and oxygen atoms in total. The summed E-state index contributed by atoms with van der Waals surface area (Å²) in [5, 5.41) is 21.7. The predicted octanol–water partition coefficient (Wildman–Crippen LogP) is -2.84. The summed E-state index contributed by atoms with van der Waals surface area (Å²) in [6, 6.07) is 0.